The monoisotopic (exact) mass is 1120 g/mol. The molecule has 2 heterocycles. The summed E-state index contributed by atoms with van der Waals surface area (Å²) in [5.74, 6) is 0.630. The van der Waals surface area contributed by atoms with Crippen molar-refractivity contribution in [3.63, 3.8) is 0 Å². The number of ether oxygens (including phenoxy) is 6. The molecule has 0 radical (unpaired) electrons. The second-order valence-corrected chi connectivity index (χ2v) is 27.0. The first kappa shape index (κ1) is 63.1. The van der Waals surface area contributed by atoms with Crippen LogP contribution in [-0.2, 0) is 42.8 Å². The van der Waals surface area contributed by atoms with Gasteiger partial charge in [0.1, 0.15) is 54.6 Å². The normalized spacial score (nSPS) is 45.4. The van der Waals surface area contributed by atoms with Gasteiger partial charge >= 0.3 is 0 Å². The molecular weight excluding hydrogens is 1020 g/mol. The standard InChI is InChI=1S/C61H104N2O16/c1-10-16-32(3)40-20-21-41-49-42(30-48(68)61(40,41)7)60(6)23-22-39(28-38(60)29-44(49)67)74-24-15-19-43(66)37-26-36(11-2)55(79-59-54(72)53(71)51(69)33(4)75-59)45(27-37)77-58-50(62-34(5)65)56(52(70)47(31-64)78-58)76-46(57(73)63(8)9)25-35-17-13-12-14-18-35/h32-33,35-42,44-56,58-59,64,67-72H,10-31H2,1-9H3,(H,62,65)/t32-,33+,36-,37?,38+,39-,40-,41+,42+,44-,45-,46+,47+,48+,49+,50?,51+,52+,53?,54+,55-,56?,58-,59?,60+,61-/m1/s1. The Bertz CT molecular complexity index is 2000. The number of aliphatic hydroxyl groups excluding tert-OH is 7. The number of hydrogen-bond donors (Lipinski definition) is 8. The van der Waals surface area contributed by atoms with Gasteiger partial charge in [0.15, 0.2) is 12.6 Å². The number of rotatable bonds is 21. The van der Waals surface area contributed by atoms with Crippen molar-refractivity contribution >= 4 is 17.6 Å². The number of nitrogens with zero attached hydrogens (tertiary/aromatic N) is 1. The highest BCUT2D eigenvalue weighted by Crippen LogP contribution is 2.68. The van der Waals surface area contributed by atoms with Crippen molar-refractivity contribution in [3.8, 4) is 0 Å². The Morgan fingerprint density at radius 3 is 2.22 bits per heavy atom. The second-order valence-electron chi connectivity index (χ2n) is 27.0. The Morgan fingerprint density at radius 2 is 1.54 bits per heavy atom. The predicted octanol–water partition coefficient (Wildman–Crippen LogP) is 5.19. The molecular formula is C61H104N2O16. The summed E-state index contributed by atoms with van der Waals surface area (Å²) in [6.07, 6.45) is 0.0130. The van der Waals surface area contributed by atoms with Crippen LogP contribution in [0.25, 0.3) is 0 Å². The smallest absolute Gasteiger partial charge is 0.251 e. The van der Waals surface area contributed by atoms with Gasteiger partial charge in [0.25, 0.3) is 5.91 Å². The molecule has 8 fully saturated rings. The summed E-state index contributed by atoms with van der Waals surface area (Å²) in [5.41, 5.74) is -0.161. The van der Waals surface area contributed by atoms with Crippen LogP contribution in [0.4, 0.5) is 0 Å². The Kier molecular flexibility index (Phi) is 21.6. The highest BCUT2D eigenvalue weighted by molar-refractivity contribution is 5.81. The zero-order valence-corrected chi connectivity index (χ0v) is 49.2. The number of carbonyl (C=O) groups excluding carboxylic acids is 3. The van der Waals surface area contributed by atoms with E-state index < -0.39 is 104 Å². The van der Waals surface area contributed by atoms with Crippen molar-refractivity contribution in [1.29, 1.82) is 0 Å². The van der Waals surface area contributed by atoms with Gasteiger partial charge in [0, 0.05) is 40.0 Å². The number of hydrogen-bond acceptors (Lipinski definition) is 16. The number of Topliss-reactive ketones (excluding diaryl/α,β-unsaturated/α-hetero) is 1. The molecule has 8 rings (SSSR count). The van der Waals surface area contributed by atoms with E-state index >= 15 is 0 Å². The Hall–Kier alpha value is -1.91. The number of nitrogens with one attached hydrogen (secondary N) is 1. The van der Waals surface area contributed by atoms with Crippen LogP contribution in [0, 0.1) is 64.1 Å². The van der Waals surface area contributed by atoms with Crippen molar-refractivity contribution in [1.82, 2.24) is 10.2 Å². The van der Waals surface area contributed by atoms with Crippen LogP contribution in [-0.4, -0.2) is 184 Å². The minimum atomic E-state index is -1.63. The van der Waals surface area contributed by atoms with E-state index in [1.807, 2.05) is 6.92 Å². The van der Waals surface area contributed by atoms with Crippen molar-refractivity contribution in [3.05, 3.63) is 0 Å². The number of aliphatic hydroxyl groups is 7. The molecule has 0 aromatic carbocycles. The fourth-order valence-corrected chi connectivity index (χ4v) is 17.5. The molecule has 18 nitrogen and oxygen atoms in total. The van der Waals surface area contributed by atoms with Gasteiger partial charge in [-0.3, -0.25) is 14.4 Å². The molecule has 8 N–H and O–H groups in total. The van der Waals surface area contributed by atoms with E-state index in [-0.39, 0.29) is 77.2 Å². The van der Waals surface area contributed by atoms with E-state index in [0.29, 0.717) is 50.0 Å². The number of amides is 2. The van der Waals surface area contributed by atoms with Gasteiger partial charge in [-0.1, -0.05) is 86.0 Å². The first-order chi connectivity index (χ1) is 37.5. The third-order valence-electron chi connectivity index (χ3n) is 22.0. The van der Waals surface area contributed by atoms with Crippen molar-refractivity contribution < 1.29 is 78.6 Å². The zero-order chi connectivity index (χ0) is 57.2. The minimum absolute atomic E-state index is 0.000620. The topological polar surface area (TPSA) is 263 Å². The lowest BCUT2D eigenvalue weighted by molar-refractivity contribution is -0.338. The predicted molar refractivity (Wildman–Crippen MR) is 293 cm³/mol. The van der Waals surface area contributed by atoms with Gasteiger partial charge in [-0.05, 0) is 136 Å². The first-order valence-corrected chi connectivity index (χ1v) is 31.1. The summed E-state index contributed by atoms with van der Waals surface area (Å²) in [6.45, 7) is 13.9. The molecule has 8 aliphatic rings. The van der Waals surface area contributed by atoms with E-state index in [4.69, 9.17) is 28.4 Å². The fraction of sp³-hybridized carbons (Fsp3) is 0.951. The second kappa shape index (κ2) is 27.0. The molecule has 26 atom stereocenters. The lowest BCUT2D eigenvalue weighted by Crippen LogP contribution is -2.67. The number of ketones is 1. The quantitative estimate of drug-likeness (QED) is 0.0688. The van der Waals surface area contributed by atoms with E-state index in [0.717, 1.165) is 83.5 Å². The molecule has 2 saturated heterocycles. The summed E-state index contributed by atoms with van der Waals surface area (Å²) in [4.78, 5) is 42.9. The molecule has 18 heteroatoms. The molecule has 2 aliphatic heterocycles. The van der Waals surface area contributed by atoms with Crippen molar-refractivity contribution in [2.24, 2.45) is 64.1 Å². The highest BCUT2D eigenvalue weighted by atomic mass is 16.7. The molecule has 6 aliphatic carbocycles. The van der Waals surface area contributed by atoms with Crippen LogP contribution >= 0.6 is 0 Å². The lowest BCUT2D eigenvalue weighted by Gasteiger charge is -2.63. The summed E-state index contributed by atoms with van der Waals surface area (Å²) in [6, 6.07) is -1.21. The maximum Gasteiger partial charge on any atom is 0.251 e. The molecule has 454 valence electrons. The Labute approximate surface area is 471 Å². The van der Waals surface area contributed by atoms with Crippen LogP contribution < -0.4 is 5.32 Å². The van der Waals surface area contributed by atoms with Gasteiger partial charge in [-0.25, -0.2) is 0 Å². The van der Waals surface area contributed by atoms with Crippen LogP contribution in [0.1, 0.15) is 177 Å². The van der Waals surface area contributed by atoms with E-state index in [2.05, 4.69) is 33.0 Å². The van der Waals surface area contributed by atoms with Gasteiger partial charge in [-0.15, -0.1) is 0 Å². The van der Waals surface area contributed by atoms with Crippen LogP contribution in [0.5, 0.6) is 0 Å². The van der Waals surface area contributed by atoms with E-state index in [1.54, 1.807) is 21.0 Å². The van der Waals surface area contributed by atoms with Gasteiger partial charge < -0.3 is 74.4 Å². The van der Waals surface area contributed by atoms with E-state index in [1.165, 1.54) is 18.2 Å². The third-order valence-corrected chi connectivity index (χ3v) is 22.0. The first-order valence-electron chi connectivity index (χ1n) is 31.1. The summed E-state index contributed by atoms with van der Waals surface area (Å²) in [7, 11) is 3.27. The lowest BCUT2D eigenvalue weighted by atomic mass is 9.43. The zero-order valence-electron chi connectivity index (χ0n) is 49.2. The largest absolute Gasteiger partial charge is 0.394 e. The molecule has 0 aromatic heterocycles. The minimum Gasteiger partial charge on any atom is -0.394 e. The van der Waals surface area contributed by atoms with Crippen molar-refractivity contribution in [2.75, 3.05) is 27.3 Å². The summed E-state index contributed by atoms with van der Waals surface area (Å²) in [5, 5.41) is 82.0. The van der Waals surface area contributed by atoms with Gasteiger partial charge in [-0.2, -0.15) is 0 Å². The van der Waals surface area contributed by atoms with Crippen molar-refractivity contribution in [2.45, 2.75) is 275 Å². The van der Waals surface area contributed by atoms with Gasteiger partial charge in [0.2, 0.25) is 5.91 Å². The molecule has 5 unspecified atom stereocenters. The van der Waals surface area contributed by atoms with Crippen LogP contribution in [0.3, 0.4) is 0 Å². The number of fused-ring (bicyclic) bond motifs is 5. The fourth-order valence-electron chi connectivity index (χ4n) is 17.5. The molecule has 2 amide bonds. The average molecular weight is 1120 g/mol. The van der Waals surface area contributed by atoms with Crippen LogP contribution in [0.2, 0.25) is 0 Å². The number of carbonyl (C=O) groups is 3. The Balaban J connectivity index is 0.951. The van der Waals surface area contributed by atoms with Gasteiger partial charge in [0.05, 0.1) is 43.2 Å². The molecule has 0 bridgehead atoms. The van der Waals surface area contributed by atoms with Crippen LogP contribution in [0.15, 0.2) is 0 Å². The summed E-state index contributed by atoms with van der Waals surface area (Å²) < 4.78 is 39.0. The average Bonchev–Trinajstić information content (AvgIpc) is 3.81. The number of likely N-dealkylation sites (N-methyl/N-ethyl adjacent to an activating group) is 1. The third kappa shape index (κ3) is 13.3. The summed E-state index contributed by atoms with van der Waals surface area (Å²) >= 11 is 0. The molecule has 79 heavy (non-hydrogen) atoms. The molecule has 0 aromatic rings. The van der Waals surface area contributed by atoms with E-state index in [9.17, 15) is 50.1 Å². The Morgan fingerprint density at radius 1 is 0.810 bits per heavy atom. The SMILES string of the molecule is CCC[C@@H](C)[C@H]1CC[C@H]2[C@@H]3[C@H](O)C[C@@H]4C[C@H](OCCCC(=O)C5C[C@@H](CC)[C@@H](OC6O[C@@H](C)[C@H](O)C(O)[C@@H]6O)[C@H](O[C@@H]6O[C@@H](CO)[C@H](O)C(O[C@@H](CC7CCCCC7)C(=O)N(C)C)C6NC(C)=O)C5)CC[C@]4(C)[C@H]3C[C@H](O)[C@]12C. The maximum absolute atomic E-state index is 14.5. The maximum atomic E-state index is 14.5. The molecule has 6 saturated carbocycles. The molecule has 0 spiro atoms. The highest BCUT2D eigenvalue weighted by Gasteiger charge is 2.66.